The molecule has 33 heavy (non-hydrogen) atoms. The molecule has 0 spiro atoms. The number of benzene rings is 3. The number of carbonyl (C=O) groups excluding carboxylic acids is 1. The normalized spacial score (nSPS) is 11.3. The van der Waals surface area contributed by atoms with Crippen molar-refractivity contribution in [2.45, 2.75) is 6.18 Å². The highest BCUT2D eigenvalue weighted by molar-refractivity contribution is 6.33. The zero-order valence-electron chi connectivity index (χ0n) is 16.8. The van der Waals surface area contributed by atoms with E-state index in [9.17, 15) is 18.0 Å². The molecule has 0 unspecified atom stereocenters. The van der Waals surface area contributed by atoms with Gasteiger partial charge in [0.15, 0.2) is 6.61 Å². The third kappa shape index (κ3) is 5.50. The first-order valence-electron chi connectivity index (χ1n) is 9.58. The van der Waals surface area contributed by atoms with E-state index < -0.39 is 24.3 Å². The summed E-state index contributed by atoms with van der Waals surface area (Å²) in [5.41, 5.74) is 0.372. The fourth-order valence-electron chi connectivity index (χ4n) is 2.86. The van der Waals surface area contributed by atoms with Crippen molar-refractivity contribution in [2.24, 2.45) is 0 Å². The van der Waals surface area contributed by atoms with E-state index in [0.29, 0.717) is 23.1 Å². The lowest BCUT2D eigenvalue weighted by atomic mass is 10.2. The van der Waals surface area contributed by atoms with E-state index in [1.807, 2.05) is 30.3 Å². The first kappa shape index (κ1) is 22.3. The number of hydrogen-bond donors (Lipinski definition) is 1. The second-order valence-corrected chi connectivity index (χ2v) is 7.24. The molecule has 1 amide bonds. The van der Waals surface area contributed by atoms with E-state index >= 15 is 0 Å². The van der Waals surface area contributed by atoms with Crippen molar-refractivity contribution >= 4 is 23.2 Å². The molecule has 4 aromatic rings. The molecule has 4 rings (SSSR count). The molecule has 0 saturated heterocycles. The highest BCUT2D eigenvalue weighted by Gasteiger charge is 2.31. The molecule has 0 saturated carbocycles. The second-order valence-electron chi connectivity index (χ2n) is 6.83. The maximum atomic E-state index is 12.9. The third-order valence-electron chi connectivity index (χ3n) is 4.48. The highest BCUT2D eigenvalue weighted by atomic mass is 35.5. The number of nitrogens with zero attached hydrogens (tertiary/aromatic N) is 2. The average Bonchev–Trinajstić information content (AvgIpc) is 3.30. The maximum absolute atomic E-state index is 12.9. The largest absolute Gasteiger partial charge is 0.484 e. The first-order chi connectivity index (χ1) is 15.8. The number of anilines is 1. The van der Waals surface area contributed by atoms with Gasteiger partial charge in [-0.15, -0.1) is 10.2 Å². The Morgan fingerprint density at radius 3 is 2.21 bits per heavy atom. The van der Waals surface area contributed by atoms with Crippen molar-refractivity contribution in [3.05, 3.63) is 83.4 Å². The lowest BCUT2D eigenvalue weighted by Crippen LogP contribution is -2.20. The van der Waals surface area contributed by atoms with Crippen LogP contribution >= 0.6 is 11.6 Å². The molecule has 0 atom stereocenters. The van der Waals surface area contributed by atoms with Crippen LogP contribution in [-0.4, -0.2) is 22.7 Å². The van der Waals surface area contributed by atoms with Gasteiger partial charge in [0.2, 0.25) is 11.8 Å². The summed E-state index contributed by atoms with van der Waals surface area (Å²) in [5.74, 6) is 0.407. The van der Waals surface area contributed by atoms with Gasteiger partial charge in [-0.3, -0.25) is 4.79 Å². The molecule has 1 aromatic heterocycles. The number of amides is 1. The Hall–Kier alpha value is -3.85. The predicted molar refractivity (Wildman–Crippen MR) is 116 cm³/mol. The molecule has 10 heteroatoms. The van der Waals surface area contributed by atoms with Crippen LogP contribution in [-0.2, 0) is 11.0 Å². The molecule has 0 aliphatic heterocycles. The summed E-state index contributed by atoms with van der Waals surface area (Å²) in [6, 6.07) is 18.6. The Balaban J connectivity index is 1.36. The van der Waals surface area contributed by atoms with Crippen LogP contribution in [0.2, 0.25) is 5.02 Å². The maximum Gasteiger partial charge on any atom is 0.416 e. The minimum atomic E-state index is -4.55. The van der Waals surface area contributed by atoms with Crippen LogP contribution in [0, 0.1) is 0 Å². The molecule has 168 valence electrons. The van der Waals surface area contributed by atoms with E-state index in [-0.39, 0.29) is 10.7 Å². The molecular weight excluding hydrogens is 459 g/mol. The fourth-order valence-corrected chi connectivity index (χ4v) is 3.03. The summed E-state index contributed by atoms with van der Waals surface area (Å²) in [6.45, 7) is -0.426. The van der Waals surface area contributed by atoms with Gasteiger partial charge in [-0.25, -0.2) is 0 Å². The van der Waals surface area contributed by atoms with Crippen molar-refractivity contribution in [3.63, 3.8) is 0 Å². The summed E-state index contributed by atoms with van der Waals surface area (Å²) in [5, 5.41) is 10.4. The molecule has 1 heterocycles. The van der Waals surface area contributed by atoms with Gasteiger partial charge in [0.05, 0.1) is 16.3 Å². The molecule has 0 fully saturated rings. The SMILES string of the molecule is O=C(COc1ccc(-c2nnc(-c3ccccc3)o2)cc1)Nc1cc(C(F)(F)F)ccc1Cl. The van der Waals surface area contributed by atoms with Gasteiger partial charge >= 0.3 is 6.18 Å². The Labute approximate surface area is 191 Å². The van der Waals surface area contributed by atoms with Gasteiger partial charge in [0, 0.05) is 11.1 Å². The van der Waals surface area contributed by atoms with Gasteiger partial charge in [-0.05, 0) is 54.6 Å². The van der Waals surface area contributed by atoms with Crippen LogP contribution in [0.15, 0.2) is 77.2 Å². The van der Waals surface area contributed by atoms with Crippen LogP contribution in [0.25, 0.3) is 22.9 Å². The molecule has 0 aliphatic rings. The van der Waals surface area contributed by atoms with Crippen LogP contribution in [0.3, 0.4) is 0 Å². The van der Waals surface area contributed by atoms with Crippen molar-refractivity contribution < 1.29 is 27.1 Å². The van der Waals surface area contributed by atoms with Crippen LogP contribution < -0.4 is 10.1 Å². The topological polar surface area (TPSA) is 77.2 Å². The number of carbonyl (C=O) groups is 1. The fraction of sp³-hybridized carbons (Fsp3) is 0.0870. The number of alkyl halides is 3. The van der Waals surface area contributed by atoms with Gasteiger partial charge in [0.1, 0.15) is 5.75 Å². The summed E-state index contributed by atoms with van der Waals surface area (Å²) >= 11 is 5.88. The minimum Gasteiger partial charge on any atom is -0.484 e. The van der Waals surface area contributed by atoms with Crippen molar-refractivity contribution in [2.75, 3.05) is 11.9 Å². The molecule has 0 radical (unpaired) electrons. The number of rotatable bonds is 6. The van der Waals surface area contributed by atoms with Crippen molar-refractivity contribution in [3.8, 4) is 28.7 Å². The van der Waals surface area contributed by atoms with E-state index in [1.165, 1.54) is 0 Å². The lowest BCUT2D eigenvalue weighted by molar-refractivity contribution is -0.137. The quantitative estimate of drug-likeness (QED) is 0.366. The van der Waals surface area contributed by atoms with Gasteiger partial charge in [-0.1, -0.05) is 29.8 Å². The summed E-state index contributed by atoms with van der Waals surface area (Å²) < 4.78 is 49.6. The molecule has 6 nitrogen and oxygen atoms in total. The van der Waals surface area contributed by atoms with Gasteiger partial charge < -0.3 is 14.5 Å². The number of halogens is 4. The van der Waals surface area contributed by atoms with Crippen LogP contribution in [0.5, 0.6) is 5.75 Å². The zero-order valence-corrected chi connectivity index (χ0v) is 17.5. The van der Waals surface area contributed by atoms with Gasteiger partial charge in [0.25, 0.3) is 5.91 Å². The van der Waals surface area contributed by atoms with E-state index in [2.05, 4.69) is 15.5 Å². The molecular formula is C23H15ClF3N3O3. The third-order valence-corrected chi connectivity index (χ3v) is 4.81. The Morgan fingerprint density at radius 1 is 0.939 bits per heavy atom. The minimum absolute atomic E-state index is 0.0184. The summed E-state index contributed by atoms with van der Waals surface area (Å²) in [4.78, 5) is 12.1. The molecule has 3 aromatic carbocycles. The number of nitrogens with one attached hydrogen (secondary N) is 1. The standard InChI is InChI=1S/C23H15ClF3N3O3/c24-18-11-8-16(23(25,26)27)12-19(18)28-20(31)13-32-17-9-6-15(7-10-17)22-30-29-21(33-22)14-4-2-1-3-5-14/h1-12H,13H2,(H,28,31). The van der Waals surface area contributed by atoms with Crippen molar-refractivity contribution in [1.82, 2.24) is 10.2 Å². The number of hydrogen-bond acceptors (Lipinski definition) is 5. The van der Waals surface area contributed by atoms with Crippen LogP contribution in [0.4, 0.5) is 18.9 Å². The second kappa shape index (κ2) is 9.33. The average molecular weight is 474 g/mol. The smallest absolute Gasteiger partial charge is 0.416 e. The Kier molecular flexibility index (Phi) is 6.32. The van der Waals surface area contributed by atoms with Crippen LogP contribution in [0.1, 0.15) is 5.56 Å². The predicted octanol–water partition coefficient (Wildman–Crippen LogP) is 6.09. The lowest BCUT2D eigenvalue weighted by Gasteiger charge is -2.12. The Bertz CT molecular complexity index is 1260. The zero-order chi connectivity index (χ0) is 23.4. The number of aromatic nitrogens is 2. The van der Waals surface area contributed by atoms with Gasteiger partial charge in [-0.2, -0.15) is 13.2 Å². The van der Waals surface area contributed by atoms with E-state index in [4.69, 9.17) is 20.8 Å². The number of ether oxygens (including phenoxy) is 1. The monoisotopic (exact) mass is 473 g/mol. The summed E-state index contributed by atoms with van der Waals surface area (Å²) in [7, 11) is 0. The molecule has 1 N–H and O–H groups in total. The molecule has 0 aliphatic carbocycles. The van der Waals surface area contributed by atoms with E-state index in [0.717, 1.165) is 23.8 Å². The highest BCUT2D eigenvalue weighted by Crippen LogP contribution is 2.34. The molecule has 0 bridgehead atoms. The van der Waals surface area contributed by atoms with E-state index in [1.54, 1.807) is 24.3 Å². The Morgan fingerprint density at radius 2 is 1.58 bits per heavy atom. The summed E-state index contributed by atoms with van der Waals surface area (Å²) in [6.07, 6.45) is -4.55. The van der Waals surface area contributed by atoms with Crippen molar-refractivity contribution in [1.29, 1.82) is 0 Å². The first-order valence-corrected chi connectivity index (χ1v) is 9.96.